The lowest BCUT2D eigenvalue weighted by Gasteiger charge is -2.26. The summed E-state index contributed by atoms with van der Waals surface area (Å²) in [4.78, 5) is 11.2. The third-order valence-electron chi connectivity index (χ3n) is 2.82. The van der Waals surface area contributed by atoms with E-state index in [0.717, 1.165) is 12.0 Å². The molecule has 1 atom stereocenters. The molecule has 17 heavy (non-hydrogen) atoms. The van der Waals surface area contributed by atoms with Crippen LogP contribution in [0.3, 0.4) is 0 Å². The smallest absolute Gasteiger partial charge is 0.234 e. The molecule has 0 aliphatic carbocycles. The van der Waals surface area contributed by atoms with Gasteiger partial charge in [0.25, 0.3) is 0 Å². The van der Waals surface area contributed by atoms with E-state index < -0.39 is 0 Å². The molecule has 4 heteroatoms. The molecular weight excluding hydrogens is 216 g/mol. The van der Waals surface area contributed by atoms with Crippen molar-refractivity contribution in [1.29, 1.82) is 5.26 Å². The van der Waals surface area contributed by atoms with Crippen LogP contribution in [-0.2, 0) is 16.0 Å². The number of amides is 1. The molecular formula is C13H14N2O2. The predicted octanol–water partition coefficient (Wildman–Crippen LogP) is 1.33. The van der Waals surface area contributed by atoms with E-state index >= 15 is 0 Å². The van der Waals surface area contributed by atoms with Gasteiger partial charge in [0.1, 0.15) is 12.5 Å². The molecule has 1 amide bonds. The van der Waals surface area contributed by atoms with Gasteiger partial charge in [0.2, 0.25) is 5.91 Å². The zero-order chi connectivity index (χ0) is 12.1. The molecule has 1 N–H and O–H groups in total. The average Bonchev–Trinajstić information content (AvgIpc) is 2.36. The molecule has 0 bridgehead atoms. The highest BCUT2D eigenvalue weighted by Crippen LogP contribution is 2.26. The topological polar surface area (TPSA) is 62.1 Å². The first-order chi connectivity index (χ1) is 8.31. The Labute approximate surface area is 100 Å². The maximum absolute atomic E-state index is 11.2. The minimum atomic E-state index is -0.251. The van der Waals surface area contributed by atoms with E-state index in [2.05, 4.69) is 11.4 Å². The molecule has 0 unspecified atom stereocenters. The molecule has 0 spiro atoms. The second-order valence-corrected chi connectivity index (χ2v) is 3.95. The van der Waals surface area contributed by atoms with E-state index in [1.54, 1.807) is 0 Å². The quantitative estimate of drug-likeness (QED) is 0.852. The second-order valence-electron chi connectivity index (χ2n) is 3.95. The molecule has 1 heterocycles. The van der Waals surface area contributed by atoms with Crippen LogP contribution in [0.2, 0.25) is 0 Å². The van der Waals surface area contributed by atoms with E-state index in [9.17, 15) is 4.79 Å². The number of hydrogen-bond donors (Lipinski definition) is 1. The van der Waals surface area contributed by atoms with E-state index in [-0.39, 0.29) is 18.4 Å². The van der Waals surface area contributed by atoms with Gasteiger partial charge in [-0.2, -0.15) is 5.26 Å². The Bertz CT molecular complexity index is 451. The summed E-state index contributed by atoms with van der Waals surface area (Å²) >= 11 is 0. The third-order valence-corrected chi connectivity index (χ3v) is 2.82. The minimum Gasteiger partial charge on any atom is -0.371 e. The van der Waals surface area contributed by atoms with Gasteiger partial charge in [-0.15, -0.1) is 0 Å². The Morgan fingerprint density at radius 3 is 3.18 bits per heavy atom. The predicted molar refractivity (Wildman–Crippen MR) is 62.1 cm³/mol. The number of ether oxygens (including phenoxy) is 1. The monoisotopic (exact) mass is 230 g/mol. The summed E-state index contributed by atoms with van der Waals surface area (Å²) in [7, 11) is 0. The van der Waals surface area contributed by atoms with E-state index in [0.29, 0.717) is 13.2 Å². The Morgan fingerprint density at radius 1 is 1.53 bits per heavy atom. The molecule has 1 aromatic rings. The maximum atomic E-state index is 11.2. The molecule has 2 rings (SSSR count). The number of nitriles is 1. The molecule has 1 aliphatic rings. The molecule has 88 valence electrons. The molecule has 0 saturated carbocycles. The maximum Gasteiger partial charge on any atom is 0.234 e. The van der Waals surface area contributed by atoms with Gasteiger partial charge in [-0.1, -0.05) is 24.3 Å². The number of carbonyl (C=O) groups excluding carboxylic acids is 1. The van der Waals surface area contributed by atoms with E-state index in [1.807, 2.05) is 24.3 Å². The SMILES string of the molecule is N#CCC(=O)NC[C@H]1OCCc2ccccc21. The molecule has 0 aromatic heterocycles. The summed E-state index contributed by atoms with van der Waals surface area (Å²) < 4.78 is 5.64. The minimum absolute atomic E-state index is 0.0948. The van der Waals surface area contributed by atoms with Crippen molar-refractivity contribution < 1.29 is 9.53 Å². The summed E-state index contributed by atoms with van der Waals surface area (Å²) in [6.45, 7) is 1.10. The first-order valence-corrected chi connectivity index (χ1v) is 5.64. The van der Waals surface area contributed by atoms with Crippen molar-refractivity contribution in [2.45, 2.75) is 18.9 Å². The number of nitrogens with zero attached hydrogens (tertiary/aromatic N) is 1. The highest BCUT2D eigenvalue weighted by atomic mass is 16.5. The first-order valence-electron chi connectivity index (χ1n) is 5.64. The molecule has 4 nitrogen and oxygen atoms in total. The summed E-state index contributed by atoms with van der Waals surface area (Å²) in [6, 6.07) is 9.91. The Kier molecular flexibility index (Phi) is 3.73. The van der Waals surface area contributed by atoms with Crippen LogP contribution in [0.1, 0.15) is 23.7 Å². The van der Waals surface area contributed by atoms with Crippen LogP contribution >= 0.6 is 0 Å². The third kappa shape index (κ3) is 2.83. The fourth-order valence-corrected chi connectivity index (χ4v) is 1.99. The summed E-state index contributed by atoms with van der Waals surface area (Å²) in [5.41, 5.74) is 2.41. The van der Waals surface area contributed by atoms with Crippen molar-refractivity contribution >= 4 is 5.91 Å². The Morgan fingerprint density at radius 2 is 2.35 bits per heavy atom. The zero-order valence-electron chi connectivity index (χ0n) is 9.48. The van der Waals surface area contributed by atoms with Crippen molar-refractivity contribution in [1.82, 2.24) is 5.32 Å². The zero-order valence-corrected chi connectivity index (χ0v) is 9.48. The van der Waals surface area contributed by atoms with Crippen LogP contribution in [0.5, 0.6) is 0 Å². The normalized spacial score (nSPS) is 17.9. The van der Waals surface area contributed by atoms with Gasteiger partial charge in [0.05, 0.1) is 12.7 Å². The van der Waals surface area contributed by atoms with E-state index in [1.165, 1.54) is 5.56 Å². The summed E-state index contributed by atoms with van der Waals surface area (Å²) in [6.07, 6.45) is 0.718. The van der Waals surface area contributed by atoms with Crippen molar-refractivity contribution in [2.75, 3.05) is 13.2 Å². The average molecular weight is 230 g/mol. The van der Waals surface area contributed by atoms with Crippen molar-refractivity contribution in [3.8, 4) is 6.07 Å². The number of nitrogens with one attached hydrogen (secondary N) is 1. The van der Waals surface area contributed by atoms with Crippen molar-refractivity contribution in [2.24, 2.45) is 0 Å². The van der Waals surface area contributed by atoms with Gasteiger partial charge in [-0.3, -0.25) is 4.79 Å². The Hall–Kier alpha value is -1.86. The molecule has 0 saturated heterocycles. The fourth-order valence-electron chi connectivity index (χ4n) is 1.99. The van der Waals surface area contributed by atoms with Crippen LogP contribution in [0, 0.1) is 11.3 Å². The van der Waals surface area contributed by atoms with Gasteiger partial charge in [0, 0.05) is 6.54 Å². The molecule has 1 aromatic carbocycles. The lowest BCUT2D eigenvalue weighted by Crippen LogP contribution is -2.31. The summed E-state index contributed by atoms with van der Waals surface area (Å²) in [5.74, 6) is -0.251. The van der Waals surface area contributed by atoms with Crippen molar-refractivity contribution in [3.63, 3.8) is 0 Å². The first kappa shape index (κ1) is 11.6. The van der Waals surface area contributed by atoms with Gasteiger partial charge in [-0.25, -0.2) is 0 Å². The fraction of sp³-hybridized carbons (Fsp3) is 0.385. The summed E-state index contributed by atoms with van der Waals surface area (Å²) in [5, 5.41) is 11.1. The van der Waals surface area contributed by atoms with Crippen LogP contribution in [0.15, 0.2) is 24.3 Å². The number of fused-ring (bicyclic) bond motifs is 1. The van der Waals surface area contributed by atoms with Crippen molar-refractivity contribution in [3.05, 3.63) is 35.4 Å². The highest BCUT2D eigenvalue weighted by Gasteiger charge is 2.20. The lowest BCUT2D eigenvalue weighted by molar-refractivity contribution is -0.120. The number of hydrogen-bond acceptors (Lipinski definition) is 3. The molecule has 0 fully saturated rings. The number of benzene rings is 1. The Balaban J connectivity index is 1.99. The molecule has 0 radical (unpaired) electrons. The van der Waals surface area contributed by atoms with Crippen LogP contribution in [-0.4, -0.2) is 19.1 Å². The second kappa shape index (κ2) is 5.46. The van der Waals surface area contributed by atoms with E-state index in [4.69, 9.17) is 10.00 Å². The van der Waals surface area contributed by atoms with Crippen LogP contribution < -0.4 is 5.32 Å². The lowest BCUT2D eigenvalue weighted by atomic mass is 9.97. The number of rotatable bonds is 3. The number of carbonyl (C=O) groups is 1. The standard InChI is InChI=1S/C13H14N2O2/c14-7-5-13(16)15-9-12-11-4-2-1-3-10(11)6-8-17-12/h1-4,12H,5-6,8-9H2,(H,15,16)/t12-/m1/s1. The molecule has 1 aliphatic heterocycles. The van der Waals surface area contributed by atoms with Gasteiger partial charge >= 0.3 is 0 Å². The van der Waals surface area contributed by atoms with Crippen LogP contribution in [0.4, 0.5) is 0 Å². The van der Waals surface area contributed by atoms with Gasteiger partial charge in [-0.05, 0) is 17.5 Å². The van der Waals surface area contributed by atoms with Gasteiger partial charge in [0.15, 0.2) is 0 Å². The highest BCUT2D eigenvalue weighted by molar-refractivity contribution is 5.77. The van der Waals surface area contributed by atoms with Gasteiger partial charge < -0.3 is 10.1 Å². The van der Waals surface area contributed by atoms with Crippen LogP contribution in [0.25, 0.3) is 0 Å². The largest absolute Gasteiger partial charge is 0.371 e.